The van der Waals surface area contributed by atoms with Gasteiger partial charge in [0.25, 0.3) is 0 Å². The summed E-state index contributed by atoms with van der Waals surface area (Å²) in [5.41, 5.74) is 1.09. The summed E-state index contributed by atoms with van der Waals surface area (Å²) in [6.07, 6.45) is 1.69. The molecule has 0 fully saturated rings. The van der Waals surface area contributed by atoms with E-state index in [4.69, 9.17) is 9.15 Å². The van der Waals surface area contributed by atoms with Crippen LogP contribution in [0.2, 0.25) is 0 Å². The number of furan rings is 1. The summed E-state index contributed by atoms with van der Waals surface area (Å²) >= 11 is 0. The van der Waals surface area contributed by atoms with Crippen molar-refractivity contribution in [3.63, 3.8) is 0 Å². The van der Waals surface area contributed by atoms with Crippen molar-refractivity contribution in [1.29, 1.82) is 0 Å². The predicted octanol–water partition coefficient (Wildman–Crippen LogP) is 4.11. The van der Waals surface area contributed by atoms with Crippen LogP contribution < -0.4 is 4.74 Å². The fourth-order valence-electron chi connectivity index (χ4n) is 2.11. The first-order chi connectivity index (χ1) is 8.40. The van der Waals surface area contributed by atoms with Crippen LogP contribution in [0.25, 0.3) is 22.1 Å². The molecule has 3 aromatic rings. The van der Waals surface area contributed by atoms with Gasteiger partial charge in [-0.25, -0.2) is 0 Å². The minimum atomic E-state index is 0.879. The topological polar surface area (TPSA) is 22.4 Å². The molecule has 0 aliphatic rings. The summed E-state index contributed by atoms with van der Waals surface area (Å²) in [4.78, 5) is 0. The SMILES string of the molecule is COc1cccc2c(-c3ccco3)cccc12. The Bertz CT molecular complexity index is 639. The van der Waals surface area contributed by atoms with Gasteiger partial charge in [0.15, 0.2) is 0 Å². The zero-order valence-corrected chi connectivity index (χ0v) is 9.51. The van der Waals surface area contributed by atoms with Gasteiger partial charge in [-0.1, -0.05) is 30.3 Å². The lowest BCUT2D eigenvalue weighted by Crippen LogP contribution is -1.86. The maximum Gasteiger partial charge on any atom is 0.134 e. The number of ether oxygens (including phenoxy) is 1. The zero-order chi connectivity index (χ0) is 11.7. The second-order valence-electron chi connectivity index (χ2n) is 3.84. The lowest BCUT2D eigenvalue weighted by atomic mass is 10.0. The molecule has 1 heterocycles. The Morgan fingerprint density at radius 1 is 0.882 bits per heavy atom. The van der Waals surface area contributed by atoms with Crippen LogP contribution in [0.4, 0.5) is 0 Å². The molecule has 3 rings (SSSR count). The molecule has 0 amide bonds. The molecule has 0 saturated carbocycles. The molecule has 0 atom stereocenters. The molecule has 0 aliphatic heterocycles. The van der Waals surface area contributed by atoms with Crippen LogP contribution in [0.15, 0.2) is 59.2 Å². The lowest BCUT2D eigenvalue weighted by molar-refractivity contribution is 0.420. The van der Waals surface area contributed by atoms with Gasteiger partial charge < -0.3 is 9.15 Å². The van der Waals surface area contributed by atoms with Gasteiger partial charge in [-0.05, 0) is 23.6 Å². The predicted molar refractivity (Wildman–Crippen MR) is 68.2 cm³/mol. The number of fused-ring (bicyclic) bond motifs is 1. The van der Waals surface area contributed by atoms with Crippen LogP contribution in [-0.4, -0.2) is 7.11 Å². The fraction of sp³-hybridized carbons (Fsp3) is 0.0667. The second-order valence-corrected chi connectivity index (χ2v) is 3.84. The van der Waals surface area contributed by atoms with E-state index in [9.17, 15) is 0 Å². The first-order valence-corrected chi connectivity index (χ1v) is 5.50. The van der Waals surface area contributed by atoms with Crippen molar-refractivity contribution in [2.45, 2.75) is 0 Å². The van der Waals surface area contributed by atoms with Gasteiger partial charge in [0.2, 0.25) is 0 Å². The Labute approximate surface area is 99.4 Å². The van der Waals surface area contributed by atoms with E-state index in [-0.39, 0.29) is 0 Å². The molecule has 0 radical (unpaired) electrons. The smallest absolute Gasteiger partial charge is 0.134 e. The number of methoxy groups -OCH3 is 1. The standard InChI is InChI=1S/C15H12O2/c1-16-14-8-3-5-11-12(14)6-2-7-13(11)15-9-4-10-17-15/h2-10H,1H3. The highest BCUT2D eigenvalue weighted by molar-refractivity contribution is 5.98. The third-order valence-electron chi connectivity index (χ3n) is 2.89. The maximum atomic E-state index is 5.46. The van der Waals surface area contributed by atoms with E-state index in [0.29, 0.717) is 0 Å². The van der Waals surface area contributed by atoms with Crippen LogP contribution in [0.5, 0.6) is 5.75 Å². The van der Waals surface area contributed by atoms with Crippen LogP contribution in [0.1, 0.15) is 0 Å². The van der Waals surface area contributed by atoms with E-state index in [1.807, 2.05) is 30.3 Å². The number of benzene rings is 2. The van der Waals surface area contributed by atoms with E-state index in [2.05, 4.69) is 18.2 Å². The average molecular weight is 224 g/mol. The Kier molecular flexibility index (Phi) is 2.33. The van der Waals surface area contributed by atoms with Crippen LogP contribution in [0, 0.1) is 0 Å². The molecule has 0 bridgehead atoms. The van der Waals surface area contributed by atoms with Crippen LogP contribution >= 0.6 is 0 Å². The normalized spacial score (nSPS) is 10.6. The molecule has 84 valence electrons. The zero-order valence-electron chi connectivity index (χ0n) is 9.51. The molecule has 1 aromatic heterocycles. The highest BCUT2D eigenvalue weighted by atomic mass is 16.5. The van der Waals surface area contributed by atoms with Crippen molar-refractivity contribution >= 4 is 10.8 Å². The minimum Gasteiger partial charge on any atom is -0.496 e. The van der Waals surface area contributed by atoms with E-state index < -0.39 is 0 Å². The van der Waals surface area contributed by atoms with Gasteiger partial charge in [-0.3, -0.25) is 0 Å². The summed E-state index contributed by atoms with van der Waals surface area (Å²) in [6, 6.07) is 16.0. The molecule has 17 heavy (non-hydrogen) atoms. The van der Waals surface area contributed by atoms with E-state index in [1.54, 1.807) is 13.4 Å². The van der Waals surface area contributed by atoms with Crippen molar-refractivity contribution in [3.8, 4) is 17.1 Å². The summed E-state index contributed by atoms with van der Waals surface area (Å²) in [5.74, 6) is 1.76. The summed E-state index contributed by atoms with van der Waals surface area (Å²) in [6.45, 7) is 0. The molecular weight excluding hydrogens is 212 g/mol. The van der Waals surface area contributed by atoms with Crippen molar-refractivity contribution in [2.24, 2.45) is 0 Å². The van der Waals surface area contributed by atoms with Crippen molar-refractivity contribution in [3.05, 3.63) is 54.8 Å². The quantitative estimate of drug-likeness (QED) is 0.653. The summed E-state index contributed by atoms with van der Waals surface area (Å²) in [7, 11) is 1.69. The third-order valence-corrected chi connectivity index (χ3v) is 2.89. The molecule has 2 aromatic carbocycles. The number of hydrogen-bond acceptors (Lipinski definition) is 2. The Hall–Kier alpha value is -2.22. The van der Waals surface area contributed by atoms with E-state index >= 15 is 0 Å². The van der Waals surface area contributed by atoms with Gasteiger partial charge in [-0.2, -0.15) is 0 Å². The van der Waals surface area contributed by atoms with Crippen LogP contribution in [-0.2, 0) is 0 Å². The molecule has 0 aliphatic carbocycles. The Morgan fingerprint density at radius 3 is 2.47 bits per heavy atom. The van der Waals surface area contributed by atoms with Gasteiger partial charge in [0.05, 0.1) is 13.4 Å². The van der Waals surface area contributed by atoms with Crippen LogP contribution in [0.3, 0.4) is 0 Å². The van der Waals surface area contributed by atoms with Gasteiger partial charge in [0.1, 0.15) is 11.5 Å². The molecule has 2 nitrogen and oxygen atoms in total. The van der Waals surface area contributed by atoms with E-state index in [1.165, 1.54) is 0 Å². The monoisotopic (exact) mass is 224 g/mol. The molecule has 0 N–H and O–H groups in total. The summed E-state index contributed by atoms with van der Waals surface area (Å²) in [5, 5.41) is 2.24. The molecule has 0 saturated heterocycles. The molecule has 2 heteroatoms. The Balaban J connectivity index is 2.34. The van der Waals surface area contributed by atoms with Gasteiger partial charge in [0, 0.05) is 10.9 Å². The lowest BCUT2D eigenvalue weighted by Gasteiger charge is -2.07. The van der Waals surface area contributed by atoms with Gasteiger partial charge in [-0.15, -0.1) is 0 Å². The van der Waals surface area contributed by atoms with Gasteiger partial charge >= 0.3 is 0 Å². The second kappa shape index (κ2) is 3.98. The van der Waals surface area contributed by atoms with Crippen molar-refractivity contribution < 1.29 is 9.15 Å². The maximum absolute atomic E-state index is 5.46. The Morgan fingerprint density at radius 2 is 1.71 bits per heavy atom. The highest BCUT2D eigenvalue weighted by Gasteiger charge is 2.08. The first-order valence-electron chi connectivity index (χ1n) is 5.50. The third kappa shape index (κ3) is 1.58. The molecular formula is C15H12O2. The summed E-state index contributed by atoms with van der Waals surface area (Å²) < 4.78 is 10.8. The largest absolute Gasteiger partial charge is 0.496 e. The van der Waals surface area contributed by atoms with Crippen molar-refractivity contribution in [1.82, 2.24) is 0 Å². The molecule has 0 spiro atoms. The number of hydrogen-bond donors (Lipinski definition) is 0. The minimum absolute atomic E-state index is 0.879. The van der Waals surface area contributed by atoms with Crippen molar-refractivity contribution in [2.75, 3.05) is 7.11 Å². The highest BCUT2D eigenvalue weighted by Crippen LogP contribution is 2.33. The van der Waals surface area contributed by atoms with E-state index in [0.717, 1.165) is 27.8 Å². The number of rotatable bonds is 2. The first kappa shape index (κ1) is 9.97. The molecule has 0 unspecified atom stereocenters. The average Bonchev–Trinajstić information content (AvgIpc) is 2.91. The fourth-order valence-corrected chi connectivity index (χ4v) is 2.11.